The number of aliphatic carboxylic acids is 2. The molecule has 1 saturated heterocycles. The summed E-state index contributed by atoms with van der Waals surface area (Å²) < 4.78 is 5.96. The van der Waals surface area contributed by atoms with Crippen molar-refractivity contribution in [3.63, 3.8) is 0 Å². The van der Waals surface area contributed by atoms with Gasteiger partial charge in [0.25, 0.3) is 0 Å². The monoisotopic (exact) mass is 394 g/mol. The van der Waals surface area contributed by atoms with Crippen molar-refractivity contribution in [2.75, 3.05) is 20.1 Å². The number of aromatic nitrogens is 1. The molecule has 0 aliphatic carbocycles. The zero-order valence-corrected chi connectivity index (χ0v) is 16.0. The average Bonchev–Trinajstić information content (AvgIpc) is 2.72. The third-order valence-electron chi connectivity index (χ3n) is 4.72. The summed E-state index contributed by atoms with van der Waals surface area (Å²) in [5.74, 6) is -0.859. The molecule has 1 fully saturated rings. The van der Waals surface area contributed by atoms with E-state index in [9.17, 15) is 9.59 Å². The first-order valence-corrected chi connectivity index (χ1v) is 9.23. The van der Waals surface area contributed by atoms with E-state index in [1.807, 2.05) is 18.2 Å². The highest BCUT2D eigenvalue weighted by Crippen LogP contribution is 2.45. The molecule has 0 spiro atoms. The predicted octanol–water partition coefficient (Wildman–Crippen LogP) is 3.43. The van der Waals surface area contributed by atoms with Gasteiger partial charge in [-0.15, -0.1) is 0 Å². The van der Waals surface area contributed by atoms with Gasteiger partial charge in [-0.2, -0.15) is 0 Å². The summed E-state index contributed by atoms with van der Waals surface area (Å²) in [7, 11) is 2.19. The van der Waals surface area contributed by atoms with Crippen LogP contribution in [0.1, 0.15) is 24.0 Å². The van der Waals surface area contributed by atoms with E-state index in [0.29, 0.717) is 12.2 Å². The maximum absolute atomic E-state index is 9.55. The van der Waals surface area contributed by atoms with Crippen LogP contribution >= 0.6 is 0 Å². The number of para-hydroxylation sites is 1. The number of benzene rings is 1. The van der Waals surface area contributed by atoms with Crippen LogP contribution in [0.2, 0.25) is 0 Å². The van der Waals surface area contributed by atoms with Gasteiger partial charge in [-0.25, -0.2) is 14.6 Å². The van der Waals surface area contributed by atoms with Crippen molar-refractivity contribution < 1.29 is 24.5 Å². The van der Waals surface area contributed by atoms with Crippen molar-refractivity contribution in [3.05, 3.63) is 71.4 Å². The second-order valence-corrected chi connectivity index (χ2v) is 6.75. The highest BCUT2D eigenvalue weighted by atomic mass is 16.5. The van der Waals surface area contributed by atoms with Crippen LogP contribution in [0.25, 0.3) is 5.57 Å². The number of fused-ring (bicyclic) bond motifs is 2. The SMILES string of the molecule is CN1CCC(=C2c3ccccc3Oc3ncccc32)CC1.O=C(O)/C=C\C(=O)O. The van der Waals surface area contributed by atoms with E-state index in [1.54, 1.807) is 6.20 Å². The fourth-order valence-corrected chi connectivity index (χ4v) is 3.34. The van der Waals surface area contributed by atoms with Crippen molar-refractivity contribution in [2.45, 2.75) is 12.8 Å². The minimum Gasteiger partial charge on any atom is -0.478 e. The summed E-state index contributed by atoms with van der Waals surface area (Å²) in [6.07, 6.45) is 5.15. The Morgan fingerprint density at radius 2 is 1.62 bits per heavy atom. The van der Waals surface area contributed by atoms with E-state index in [1.165, 1.54) is 16.7 Å². The van der Waals surface area contributed by atoms with E-state index in [2.05, 4.69) is 35.1 Å². The first-order valence-electron chi connectivity index (χ1n) is 9.23. The van der Waals surface area contributed by atoms with Gasteiger partial charge in [-0.3, -0.25) is 0 Å². The number of carboxylic acid groups (broad SMARTS) is 2. The number of nitrogens with zero attached hydrogens (tertiary/aromatic N) is 2. The smallest absolute Gasteiger partial charge is 0.328 e. The second-order valence-electron chi connectivity index (χ2n) is 6.75. The fraction of sp³-hybridized carbons (Fsp3) is 0.227. The van der Waals surface area contributed by atoms with Gasteiger partial charge < -0.3 is 19.8 Å². The van der Waals surface area contributed by atoms with Gasteiger partial charge in [0.15, 0.2) is 0 Å². The topological polar surface area (TPSA) is 100.0 Å². The lowest BCUT2D eigenvalue weighted by molar-refractivity contribution is -0.134. The normalized spacial score (nSPS) is 15.6. The number of rotatable bonds is 2. The lowest BCUT2D eigenvalue weighted by atomic mass is 9.87. The number of hydrogen-bond acceptors (Lipinski definition) is 5. The Morgan fingerprint density at radius 3 is 2.28 bits per heavy atom. The number of carboxylic acids is 2. The third-order valence-corrected chi connectivity index (χ3v) is 4.72. The van der Waals surface area contributed by atoms with Gasteiger partial charge in [0.05, 0.1) is 0 Å². The van der Waals surface area contributed by atoms with Crippen LogP contribution in [0, 0.1) is 0 Å². The number of likely N-dealkylation sites (tertiary alicyclic amines) is 1. The highest BCUT2D eigenvalue weighted by molar-refractivity contribution is 5.90. The third kappa shape index (κ3) is 5.08. The van der Waals surface area contributed by atoms with Crippen LogP contribution in [-0.2, 0) is 9.59 Å². The molecular weight excluding hydrogens is 372 g/mol. The molecule has 0 radical (unpaired) electrons. The van der Waals surface area contributed by atoms with Gasteiger partial charge in [0, 0.05) is 42.6 Å². The molecule has 2 aromatic rings. The Morgan fingerprint density at radius 1 is 1.00 bits per heavy atom. The zero-order chi connectivity index (χ0) is 20.8. The molecule has 1 aromatic heterocycles. The molecule has 4 rings (SSSR count). The zero-order valence-electron chi connectivity index (χ0n) is 16.0. The van der Waals surface area contributed by atoms with Gasteiger partial charge >= 0.3 is 11.9 Å². The summed E-state index contributed by atoms with van der Waals surface area (Å²) in [6.45, 7) is 2.24. The molecule has 29 heavy (non-hydrogen) atoms. The Bertz CT molecular complexity index is 907. The molecule has 2 aliphatic rings. The van der Waals surface area contributed by atoms with E-state index in [-0.39, 0.29) is 0 Å². The van der Waals surface area contributed by atoms with E-state index >= 15 is 0 Å². The molecule has 0 unspecified atom stereocenters. The Hall–Kier alpha value is -3.45. The lowest BCUT2D eigenvalue weighted by Gasteiger charge is -2.29. The van der Waals surface area contributed by atoms with Gasteiger partial charge in [0.2, 0.25) is 5.88 Å². The Balaban J connectivity index is 0.000000258. The van der Waals surface area contributed by atoms with Gasteiger partial charge in [-0.1, -0.05) is 23.8 Å². The molecule has 150 valence electrons. The van der Waals surface area contributed by atoms with Gasteiger partial charge in [-0.05, 0) is 43.7 Å². The largest absolute Gasteiger partial charge is 0.478 e. The average molecular weight is 394 g/mol. The summed E-state index contributed by atoms with van der Waals surface area (Å²) in [4.78, 5) is 25.9. The van der Waals surface area contributed by atoms with E-state index in [4.69, 9.17) is 14.9 Å². The Kier molecular flexibility index (Phi) is 6.41. The number of carbonyl (C=O) groups is 2. The summed E-state index contributed by atoms with van der Waals surface area (Å²) in [5.41, 5.74) is 5.21. The highest BCUT2D eigenvalue weighted by Gasteiger charge is 2.26. The van der Waals surface area contributed by atoms with E-state index in [0.717, 1.165) is 43.1 Å². The maximum atomic E-state index is 9.55. The maximum Gasteiger partial charge on any atom is 0.328 e. The predicted molar refractivity (Wildman–Crippen MR) is 108 cm³/mol. The van der Waals surface area contributed by atoms with Crippen LogP contribution in [0.3, 0.4) is 0 Å². The van der Waals surface area contributed by atoms with Crippen LogP contribution < -0.4 is 4.74 Å². The molecule has 0 bridgehead atoms. The van der Waals surface area contributed by atoms with E-state index < -0.39 is 11.9 Å². The van der Waals surface area contributed by atoms with Crippen molar-refractivity contribution in [1.82, 2.24) is 9.88 Å². The number of piperidine rings is 1. The standard InChI is InChI=1S/C18H18N2O.C4H4O4/c1-20-11-8-13(9-12-20)17-14-5-2-3-7-16(14)21-18-15(17)6-4-10-19-18;5-3(6)1-2-4(7)8/h2-7,10H,8-9,11-12H2,1H3;1-2H,(H,5,6)(H,7,8)/b;2-1-. The lowest BCUT2D eigenvalue weighted by Crippen LogP contribution is -2.27. The van der Waals surface area contributed by atoms with Crippen molar-refractivity contribution in [1.29, 1.82) is 0 Å². The molecular formula is C22H22N2O5. The Labute approximate surface area is 168 Å². The van der Waals surface area contributed by atoms with Crippen molar-refractivity contribution in [2.24, 2.45) is 0 Å². The molecule has 2 aliphatic heterocycles. The number of pyridine rings is 1. The quantitative estimate of drug-likeness (QED) is 0.642. The number of ether oxygens (including phenoxy) is 1. The molecule has 2 N–H and O–H groups in total. The van der Waals surface area contributed by atoms with Gasteiger partial charge in [0.1, 0.15) is 5.75 Å². The molecule has 0 atom stereocenters. The van der Waals surface area contributed by atoms with Crippen LogP contribution in [-0.4, -0.2) is 52.2 Å². The number of hydrogen-bond donors (Lipinski definition) is 2. The summed E-state index contributed by atoms with van der Waals surface area (Å²) in [6, 6.07) is 12.4. The molecule has 7 heteroatoms. The first kappa shape index (κ1) is 20.3. The molecule has 7 nitrogen and oxygen atoms in total. The second kappa shape index (κ2) is 9.16. The minimum atomic E-state index is -1.26. The van der Waals surface area contributed by atoms with Crippen molar-refractivity contribution >= 4 is 17.5 Å². The van der Waals surface area contributed by atoms with Crippen LogP contribution in [0.4, 0.5) is 0 Å². The summed E-state index contributed by atoms with van der Waals surface area (Å²) in [5, 5.41) is 15.6. The summed E-state index contributed by atoms with van der Waals surface area (Å²) >= 11 is 0. The molecule has 1 aromatic carbocycles. The fourth-order valence-electron chi connectivity index (χ4n) is 3.34. The van der Waals surface area contributed by atoms with Crippen molar-refractivity contribution in [3.8, 4) is 11.6 Å². The molecule has 0 amide bonds. The molecule has 0 saturated carbocycles. The molecule has 3 heterocycles. The van der Waals surface area contributed by atoms with Crippen LogP contribution in [0.15, 0.2) is 60.3 Å². The minimum absolute atomic E-state index is 0.558. The van der Waals surface area contributed by atoms with Crippen LogP contribution in [0.5, 0.6) is 11.6 Å². The first-order chi connectivity index (χ1) is 14.0.